The fourth-order valence-electron chi connectivity index (χ4n) is 3.08. The molecule has 0 aliphatic rings. The van der Waals surface area contributed by atoms with Gasteiger partial charge in [-0.2, -0.15) is 9.78 Å². The van der Waals surface area contributed by atoms with Crippen LogP contribution in [0.2, 0.25) is 5.02 Å². The zero-order valence-electron chi connectivity index (χ0n) is 16.5. The predicted octanol–water partition coefficient (Wildman–Crippen LogP) is 4.13. The van der Waals surface area contributed by atoms with Crippen molar-refractivity contribution in [3.8, 4) is 0 Å². The lowest BCUT2D eigenvalue weighted by atomic mass is 10.1. The highest BCUT2D eigenvalue weighted by molar-refractivity contribution is 6.32. The summed E-state index contributed by atoms with van der Waals surface area (Å²) in [4.78, 5) is 22.7. The number of rotatable bonds is 7. The second-order valence-electron chi connectivity index (χ2n) is 6.96. The van der Waals surface area contributed by atoms with E-state index >= 15 is 0 Å². The maximum absolute atomic E-state index is 13.3. The van der Waals surface area contributed by atoms with Crippen molar-refractivity contribution in [1.29, 1.82) is 0 Å². The summed E-state index contributed by atoms with van der Waals surface area (Å²) in [7, 11) is 0. The minimum absolute atomic E-state index is 0.0380. The van der Waals surface area contributed by atoms with E-state index in [1.165, 1.54) is 29.2 Å². The minimum Gasteiger partial charge on any atom is -0.358 e. The van der Waals surface area contributed by atoms with Crippen molar-refractivity contribution < 1.29 is 14.1 Å². The zero-order chi connectivity index (χ0) is 22.7. The normalized spacial score (nSPS) is 10.8. The van der Waals surface area contributed by atoms with Crippen LogP contribution in [0.3, 0.4) is 0 Å². The first kappa shape index (κ1) is 21.2. The van der Waals surface area contributed by atoms with E-state index in [4.69, 9.17) is 11.6 Å². The number of aromatic nitrogens is 4. The number of carbonyl (C=O) groups is 1. The molecule has 11 heteroatoms. The molecule has 1 N–H and O–H groups in total. The number of nitro groups is 1. The fraction of sp³-hybridized carbons (Fsp3) is 0.0952. The molecule has 0 aliphatic carbocycles. The average Bonchev–Trinajstić information content (AvgIpc) is 3.34. The Morgan fingerprint density at radius 2 is 1.84 bits per heavy atom. The number of halogens is 2. The molecule has 0 spiro atoms. The number of nitrogens with zero attached hydrogens (tertiary/aromatic N) is 5. The molecule has 0 bridgehead atoms. The molecule has 4 rings (SSSR count). The van der Waals surface area contributed by atoms with Gasteiger partial charge >= 0.3 is 5.82 Å². The molecular formula is C21H16ClFN6O3. The highest BCUT2D eigenvalue weighted by Gasteiger charge is 2.19. The van der Waals surface area contributed by atoms with Crippen molar-refractivity contribution in [2.75, 3.05) is 5.32 Å². The first-order valence-corrected chi connectivity index (χ1v) is 9.80. The highest BCUT2D eigenvalue weighted by Crippen LogP contribution is 2.22. The van der Waals surface area contributed by atoms with Gasteiger partial charge in [0, 0.05) is 11.8 Å². The third-order valence-corrected chi connectivity index (χ3v) is 4.82. The van der Waals surface area contributed by atoms with E-state index in [1.807, 2.05) is 0 Å². The van der Waals surface area contributed by atoms with Crippen molar-refractivity contribution >= 4 is 29.0 Å². The molecule has 1 amide bonds. The molecule has 162 valence electrons. The number of anilines is 1. The van der Waals surface area contributed by atoms with Crippen LogP contribution in [0, 0.1) is 15.9 Å². The average molecular weight is 455 g/mol. The summed E-state index contributed by atoms with van der Waals surface area (Å²) >= 11 is 5.80. The molecule has 4 aromatic rings. The van der Waals surface area contributed by atoms with Gasteiger partial charge in [0.25, 0.3) is 5.91 Å². The summed E-state index contributed by atoms with van der Waals surface area (Å²) in [5.74, 6) is -1.04. The Hall–Kier alpha value is -4.05. The third-order valence-electron chi connectivity index (χ3n) is 4.56. The Morgan fingerprint density at radius 3 is 2.53 bits per heavy atom. The summed E-state index contributed by atoms with van der Waals surface area (Å²) in [6.07, 6.45) is 4.55. The smallest absolute Gasteiger partial charge is 0.358 e. The van der Waals surface area contributed by atoms with Crippen LogP contribution in [-0.4, -0.2) is 30.4 Å². The van der Waals surface area contributed by atoms with Crippen molar-refractivity contribution in [1.82, 2.24) is 19.6 Å². The number of amides is 1. The topological polar surface area (TPSA) is 108 Å². The van der Waals surface area contributed by atoms with Gasteiger partial charge in [0.1, 0.15) is 5.82 Å². The highest BCUT2D eigenvalue weighted by atomic mass is 35.5. The monoisotopic (exact) mass is 454 g/mol. The van der Waals surface area contributed by atoms with Gasteiger partial charge in [-0.25, -0.2) is 4.39 Å². The first-order valence-electron chi connectivity index (χ1n) is 9.42. The maximum Gasteiger partial charge on any atom is 0.408 e. The number of carbonyl (C=O) groups excluding carboxylic acids is 1. The van der Waals surface area contributed by atoms with Crippen LogP contribution in [0.4, 0.5) is 15.9 Å². The molecule has 0 saturated carbocycles. The van der Waals surface area contributed by atoms with Crippen LogP contribution < -0.4 is 5.32 Å². The van der Waals surface area contributed by atoms with Crippen LogP contribution in [0.5, 0.6) is 0 Å². The van der Waals surface area contributed by atoms with Crippen LogP contribution >= 0.6 is 11.6 Å². The van der Waals surface area contributed by atoms with Gasteiger partial charge in [-0.1, -0.05) is 35.9 Å². The molecule has 0 saturated heterocycles. The van der Waals surface area contributed by atoms with Gasteiger partial charge in [0.2, 0.25) is 0 Å². The molecular weight excluding hydrogens is 439 g/mol. The SMILES string of the molecule is O=C(Nc1cnn(Cc2cccc(F)c2)c1)c1ccc(Cn2cc(Cl)c([N+](=O)[O-])n2)cc1. The van der Waals surface area contributed by atoms with E-state index in [0.29, 0.717) is 17.8 Å². The van der Waals surface area contributed by atoms with Gasteiger partial charge in [0.05, 0.1) is 36.3 Å². The van der Waals surface area contributed by atoms with Crippen LogP contribution in [0.1, 0.15) is 21.5 Å². The second-order valence-corrected chi connectivity index (χ2v) is 7.37. The Balaban J connectivity index is 1.37. The van der Waals surface area contributed by atoms with Gasteiger partial charge < -0.3 is 15.4 Å². The Morgan fingerprint density at radius 1 is 1.09 bits per heavy atom. The van der Waals surface area contributed by atoms with E-state index in [-0.39, 0.29) is 23.3 Å². The Kier molecular flexibility index (Phi) is 5.95. The van der Waals surface area contributed by atoms with Crippen molar-refractivity contribution in [3.05, 3.63) is 105 Å². The van der Waals surface area contributed by atoms with Crippen molar-refractivity contribution in [2.24, 2.45) is 0 Å². The number of nitrogens with one attached hydrogen (secondary N) is 1. The van der Waals surface area contributed by atoms with Gasteiger partial charge in [0.15, 0.2) is 5.02 Å². The molecule has 0 unspecified atom stereocenters. The lowest BCUT2D eigenvalue weighted by molar-refractivity contribution is -0.389. The quantitative estimate of drug-likeness (QED) is 0.333. The Labute approximate surface area is 186 Å². The van der Waals surface area contributed by atoms with Crippen molar-refractivity contribution in [2.45, 2.75) is 13.1 Å². The molecule has 9 nitrogen and oxygen atoms in total. The predicted molar refractivity (Wildman–Crippen MR) is 115 cm³/mol. The minimum atomic E-state index is -0.646. The van der Waals surface area contributed by atoms with E-state index < -0.39 is 10.7 Å². The van der Waals surface area contributed by atoms with E-state index in [2.05, 4.69) is 15.5 Å². The molecule has 32 heavy (non-hydrogen) atoms. The number of benzene rings is 2. The van der Waals surface area contributed by atoms with E-state index in [1.54, 1.807) is 47.3 Å². The lowest BCUT2D eigenvalue weighted by Gasteiger charge is -2.04. The molecule has 2 aromatic carbocycles. The van der Waals surface area contributed by atoms with E-state index in [9.17, 15) is 19.3 Å². The second kappa shape index (κ2) is 8.98. The molecule has 0 fully saturated rings. The summed E-state index contributed by atoms with van der Waals surface area (Å²) in [6.45, 7) is 0.639. The maximum atomic E-state index is 13.3. The first-order chi connectivity index (χ1) is 15.4. The van der Waals surface area contributed by atoms with Crippen LogP contribution in [-0.2, 0) is 13.1 Å². The molecule has 0 atom stereocenters. The van der Waals surface area contributed by atoms with Crippen molar-refractivity contribution in [3.63, 3.8) is 0 Å². The molecule has 0 radical (unpaired) electrons. The van der Waals surface area contributed by atoms with Gasteiger partial charge in [-0.15, -0.1) is 0 Å². The molecule has 0 aliphatic heterocycles. The lowest BCUT2D eigenvalue weighted by Crippen LogP contribution is -2.11. The van der Waals surface area contributed by atoms with Crippen LogP contribution in [0.25, 0.3) is 0 Å². The standard InChI is InChI=1S/C21H16ClFN6O3/c22-19-13-28(26-20(19)29(31)32)10-14-4-6-16(7-5-14)21(30)25-18-9-24-27(12-18)11-15-2-1-3-17(23)8-15/h1-9,12-13H,10-11H2,(H,25,30). The fourth-order valence-corrected chi connectivity index (χ4v) is 3.30. The Bertz CT molecular complexity index is 1280. The van der Waals surface area contributed by atoms with E-state index in [0.717, 1.165) is 11.1 Å². The third kappa shape index (κ3) is 4.98. The zero-order valence-corrected chi connectivity index (χ0v) is 17.2. The summed E-state index contributed by atoms with van der Waals surface area (Å²) < 4.78 is 16.3. The number of hydrogen-bond acceptors (Lipinski definition) is 5. The molecule has 2 aromatic heterocycles. The van der Waals surface area contributed by atoms with Gasteiger partial charge in [-0.05, 0) is 40.3 Å². The summed E-state index contributed by atoms with van der Waals surface area (Å²) in [5, 5.41) is 21.6. The molecule has 2 heterocycles. The largest absolute Gasteiger partial charge is 0.408 e. The summed E-state index contributed by atoms with van der Waals surface area (Å²) in [6, 6.07) is 13.0. The van der Waals surface area contributed by atoms with Crippen LogP contribution in [0.15, 0.2) is 67.1 Å². The van der Waals surface area contributed by atoms with Gasteiger partial charge in [-0.3, -0.25) is 9.48 Å². The number of hydrogen-bond donors (Lipinski definition) is 1. The summed E-state index contributed by atoms with van der Waals surface area (Å²) in [5.41, 5.74) is 2.48.